The molecule has 3 aromatic heterocycles. The molecule has 4 rings (SSSR count). The van der Waals surface area contributed by atoms with Gasteiger partial charge in [-0.2, -0.15) is 5.10 Å². The molecule has 0 aliphatic rings. The highest BCUT2D eigenvalue weighted by Crippen LogP contribution is 2.32. The van der Waals surface area contributed by atoms with Crippen LogP contribution in [0.5, 0.6) is 0 Å². The fourth-order valence-corrected chi connectivity index (χ4v) is 3.49. The van der Waals surface area contributed by atoms with Crippen molar-refractivity contribution in [1.29, 1.82) is 0 Å². The van der Waals surface area contributed by atoms with E-state index in [9.17, 15) is 4.79 Å². The molecule has 27 heavy (non-hydrogen) atoms. The van der Waals surface area contributed by atoms with Crippen molar-refractivity contribution < 1.29 is 9.32 Å². The first-order valence-corrected chi connectivity index (χ1v) is 9.08. The van der Waals surface area contributed by atoms with Crippen LogP contribution in [0.3, 0.4) is 0 Å². The Hall–Kier alpha value is -3.04. The van der Waals surface area contributed by atoms with Crippen molar-refractivity contribution in [3.05, 3.63) is 53.0 Å². The predicted octanol–water partition coefficient (Wildman–Crippen LogP) is 3.81. The molecule has 0 aliphatic carbocycles. The Morgan fingerprint density at radius 2 is 2.07 bits per heavy atom. The van der Waals surface area contributed by atoms with E-state index in [4.69, 9.17) is 16.1 Å². The summed E-state index contributed by atoms with van der Waals surface area (Å²) in [6.45, 7) is 1.91. The van der Waals surface area contributed by atoms with Crippen molar-refractivity contribution in [2.45, 2.75) is 6.92 Å². The van der Waals surface area contributed by atoms with Gasteiger partial charge in [-0.15, -0.1) is 10.2 Å². The number of amides is 1. The number of nitrogens with zero attached hydrogens (tertiary/aromatic N) is 5. The molecule has 0 atom stereocenters. The normalized spacial score (nSPS) is 10.9. The second-order valence-corrected chi connectivity index (χ2v) is 7.07. The summed E-state index contributed by atoms with van der Waals surface area (Å²) < 4.78 is 6.89. The topological polar surface area (TPSA) is 98.7 Å². The number of nitrogens with one attached hydrogen (secondary N) is 1. The Kier molecular flexibility index (Phi) is 4.46. The smallest absolute Gasteiger partial charge is 0.296 e. The Labute approximate surface area is 162 Å². The van der Waals surface area contributed by atoms with Gasteiger partial charge in [0.15, 0.2) is 5.01 Å². The monoisotopic (exact) mass is 400 g/mol. The van der Waals surface area contributed by atoms with Crippen LogP contribution >= 0.6 is 22.9 Å². The molecule has 3 heterocycles. The molecule has 0 spiro atoms. The third-order valence-corrected chi connectivity index (χ3v) is 5.20. The van der Waals surface area contributed by atoms with Crippen LogP contribution in [0.2, 0.25) is 5.02 Å². The first-order chi connectivity index (χ1) is 13.0. The molecule has 0 fully saturated rings. The third-order valence-electron chi connectivity index (χ3n) is 3.99. The maximum absolute atomic E-state index is 12.4. The highest BCUT2D eigenvalue weighted by Gasteiger charge is 2.19. The van der Waals surface area contributed by atoms with Gasteiger partial charge in [0.2, 0.25) is 10.9 Å². The van der Waals surface area contributed by atoms with E-state index in [1.807, 2.05) is 32.2 Å². The van der Waals surface area contributed by atoms with Crippen LogP contribution in [0, 0.1) is 6.92 Å². The fourth-order valence-electron chi connectivity index (χ4n) is 2.44. The van der Waals surface area contributed by atoms with Gasteiger partial charge in [0, 0.05) is 29.9 Å². The largest absolute Gasteiger partial charge is 0.350 e. The lowest BCUT2D eigenvalue weighted by Crippen LogP contribution is -2.10. The van der Waals surface area contributed by atoms with Gasteiger partial charge in [0.1, 0.15) is 5.69 Å². The predicted molar refractivity (Wildman–Crippen MR) is 102 cm³/mol. The summed E-state index contributed by atoms with van der Waals surface area (Å²) in [5.41, 5.74) is 3.02. The van der Waals surface area contributed by atoms with Crippen LogP contribution in [-0.4, -0.2) is 31.0 Å². The highest BCUT2D eigenvalue weighted by atomic mass is 35.5. The second-order valence-electron chi connectivity index (χ2n) is 5.69. The lowest BCUT2D eigenvalue weighted by molar-refractivity contribution is 0.0988. The number of hydrogen-bond acceptors (Lipinski definition) is 7. The van der Waals surface area contributed by atoms with E-state index >= 15 is 0 Å². The quantitative estimate of drug-likeness (QED) is 0.559. The maximum Gasteiger partial charge on any atom is 0.296 e. The molecule has 1 aromatic carbocycles. The van der Waals surface area contributed by atoms with Gasteiger partial charge in [0.25, 0.3) is 5.91 Å². The summed E-state index contributed by atoms with van der Waals surface area (Å²) in [6.07, 6.45) is 1.68. The van der Waals surface area contributed by atoms with E-state index in [-0.39, 0.29) is 5.76 Å². The van der Waals surface area contributed by atoms with E-state index in [0.717, 1.165) is 16.8 Å². The molecule has 10 heteroatoms. The van der Waals surface area contributed by atoms with Crippen LogP contribution in [0.1, 0.15) is 16.2 Å². The van der Waals surface area contributed by atoms with Gasteiger partial charge in [-0.3, -0.25) is 14.8 Å². The molecule has 8 nitrogen and oxygen atoms in total. The zero-order valence-corrected chi connectivity index (χ0v) is 15.9. The third kappa shape index (κ3) is 3.34. The van der Waals surface area contributed by atoms with Crippen LogP contribution in [0.25, 0.3) is 21.8 Å². The molecule has 0 aliphatic heterocycles. The highest BCUT2D eigenvalue weighted by molar-refractivity contribution is 7.18. The zero-order chi connectivity index (χ0) is 19.0. The Morgan fingerprint density at radius 3 is 2.81 bits per heavy atom. The van der Waals surface area contributed by atoms with E-state index in [0.29, 0.717) is 20.9 Å². The summed E-state index contributed by atoms with van der Waals surface area (Å²) in [5, 5.41) is 20.3. The Morgan fingerprint density at radius 1 is 1.26 bits per heavy atom. The molecule has 1 amide bonds. The minimum atomic E-state index is -0.461. The van der Waals surface area contributed by atoms with Crippen LogP contribution in [-0.2, 0) is 7.05 Å². The van der Waals surface area contributed by atoms with Gasteiger partial charge in [-0.05, 0) is 13.0 Å². The van der Waals surface area contributed by atoms with Gasteiger partial charge >= 0.3 is 0 Å². The van der Waals surface area contributed by atoms with Crippen LogP contribution < -0.4 is 5.32 Å². The number of rotatable bonds is 4. The Balaban J connectivity index is 1.52. The van der Waals surface area contributed by atoms with Gasteiger partial charge in [-0.1, -0.05) is 46.3 Å². The molecule has 0 radical (unpaired) electrons. The van der Waals surface area contributed by atoms with Crippen molar-refractivity contribution in [3.63, 3.8) is 0 Å². The van der Waals surface area contributed by atoms with E-state index in [1.165, 1.54) is 11.3 Å². The fraction of sp³-hybridized carbons (Fsp3) is 0.118. The average Bonchev–Trinajstić information content (AvgIpc) is 3.37. The maximum atomic E-state index is 12.4. The summed E-state index contributed by atoms with van der Waals surface area (Å²) >= 11 is 7.38. The first-order valence-electron chi connectivity index (χ1n) is 7.88. The molecule has 136 valence electrons. The van der Waals surface area contributed by atoms with Gasteiger partial charge < -0.3 is 4.52 Å². The number of aryl methyl sites for hydroxylation is 1. The van der Waals surface area contributed by atoms with Crippen molar-refractivity contribution in [1.82, 2.24) is 25.1 Å². The zero-order valence-electron chi connectivity index (χ0n) is 14.3. The summed E-state index contributed by atoms with van der Waals surface area (Å²) in [6, 6.07) is 8.87. The molecule has 1 N–H and O–H groups in total. The summed E-state index contributed by atoms with van der Waals surface area (Å²) in [5.74, 6) is -0.389. The van der Waals surface area contributed by atoms with Crippen molar-refractivity contribution in [2.75, 3.05) is 5.32 Å². The second kappa shape index (κ2) is 6.93. The molecular weight excluding hydrogens is 388 g/mol. The summed E-state index contributed by atoms with van der Waals surface area (Å²) in [7, 11) is 1.83. The number of aromatic nitrogens is 5. The average molecular weight is 401 g/mol. The van der Waals surface area contributed by atoms with Crippen molar-refractivity contribution in [2.24, 2.45) is 7.05 Å². The lowest BCUT2D eigenvalue weighted by atomic mass is 10.2. The van der Waals surface area contributed by atoms with E-state index in [2.05, 4.69) is 25.8 Å². The van der Waals surface area contributed by atoms with Crippen LogP contribution in [0.4, 0.5) is 5.13 Å². The number of carbonyl (C=O) groups excluding carboxylic acids is 1. The van der Waals surface area contributed by atoms with Crippen molar-refractivity contribution in [3.8, 4) is 21.8 Å². The van der Waals surface area contributed by atoms with Crippen LogP contribution in [0.15, 0.2) is 41.1 Å². The van der Waals surface area contributed by atoms with Gasteiger partial charge in [0.05, 0.1) is 11.2 Å². The molecule has 0 saturated heterocycles. The summed E-state index contributed by atoms with van der Waals surface area (Å²) in [4.78, 5) is 12.4. The number of hydrogen-bond donors (Lipinski definition) is 1. The lowest BCUT2D eigenvalue weighted by Gasteiger charge is -1.97. The van der Waals surface area contributed by atoms with Gasteiger partial charge in [-0.25, -0.2) is 0 Å². The number of anilines is 1. The number of carbonyl (C=O) groups is 1. The molecular formula is C17H13ClN6O2S. The molecule has 0 bridgehead atoms. The first kappa shape index (κ1) is 17.4. The minimum Gasteiger partial charge on any atom is -0.350 e. The van der Waals surface area contributed by atoms with E-state index in [1.54, 1.807) is 23.0 Å². The van der Waals surface area contributed by atoms with E-state index < -0.39 is 5.91 Å². The standard InChI is InChI=1S/C17H13ClN6O2S/c1-9-11(8-19-24(9)2)13-7-14(26-23-13)15(25)20-17-22-21-16(27-17)10-5-3-4-6-12(10)18/h3-8H,1-2H3,(H,20,22,25). The number of halogens is 1. The molecule has 0 unspecified atom stereocenters. The van der Waals surface area contributed by atoms with Crippen molar-refractivity contribution >= 4 is 34.0 Å². The molecule has 4 aromatic rings. The Bertz CT molecular complexity index is 1130. The SMILES string of the molecule is Cc1c(-c2cc(C(=O)Nc3nnc(-c4ccccc4Cl)s3)on2)cnn1C. The molecule has 0 saturated carbocycles. The minimum absolute atomic E-state index is 0.0720. The number of benzene rings is 1.